The third kappa shape index (κ3) is 4.40. The molecule has 1 heterocycles. The predicted molar refractivity (Wildman–Crippen MR) is 96.1 cm³/mol. The molecule has 3 N–H and O–H groups in total. The third-order valence-electron chi connectivity index (χ3n) is 4.93. The van der Waals surface area contributed by atoms with E-state index in [0.29, 0.717) is 13.0 Å². The fraction of sp³-hybridized carbons (Fsp3) is 0.474. The van der Waals surface area contributed by atoms with Gasteiger partial charge in [-0.05, 0) is 43.4 Å². The minimum absolute atomic E-state index is 0.0304. The molecule has 0 radical (unpaired) electrons. The quantitative estimate of drug-likeness (QED) is 0.738. The smallest absolute Gasteiger partial charge is 0.315 e. The lowest BCUT2D eigenvalue weighted by atomic mass is 9.93. The van der Waals surface area contributed by atoms with E-state index in [0.717, 1.165) is 30.4 Å². The van der Waals surface area contributed by atoms with Gasteiger partial charge in [-0.1, -0.05) is 12.1 Å². The summed E-state index contributed by atoms with van der Waals surface area (Å²) in [6.07, 6.45) is 5.29. The fourth-order valence-corrected chi connectivity index (χ4v) is 3.46. The highest BCUT2D eigenvalue weighted by atomic mass is 19.1. The Labute approximate surface area is 152 Å². The number of carbonyl (C=O) groups is 1. The summed E-state index contributed by atoms with van der Waals surface area (Å²) in [5.74, 6) is -0.402. The zero-order valence-electron chi connectivity index (χ0n) is 14.9. The van der Waals surface area contributed by atoms with Gasteiger partial charge in [0.15, 0.2) is 0 Å². The van der Waals surface area contributed by atoms with Crippen LogP contribution in [0.25, 0.3) is 0 Å². The first-order valence-corrected chi connectivity index (χ1v) is 8.97. The molecule has 0 saturated carbocycles. The Balaban J connectivity index is 1.51. The van der Waals surface area contributed by atoms with Gasteiger partial charge in [-0.3, -0.25) is 4.68 Å². The van der Waals surface area contributed by atoms with E-state index >= 15 is 0 Å². The van der Waals surface area contributed by atoms with Crippen LogP contribution >= 0.6 is 0 Å². The molecular weight excluding hydrogens is 335 g/mol. The summed E-state index contributed by atoms with van der Waals surface area (Å²) < 4.78 is 14.8. The standard InChI is InChI=1S/C19H25FN4O2/c1-24-18-4-2-3-17(16(18)11-22-24)23-19(26)21-10-14(12-25)9-13-5-7-15(20)8-6-13/h5-8,11,14,17,25H,2-4,9-10,12H2,1H3,(H2,21,23,26)/t14-,17-/m0/s1. The van der Waals surface area contributed by atoms with Gasteiger partial charge in [-0.2, -0.15) is 5.10 Å². The molecule has 7 heteroatoms. The van der Waals surface area contributed by atoms with E-state index < -0.39 is 0 Å². The Bertz CT molecular complexity index is 744. The molecule has 3 rings (SSSR count). The molecule has 2 amide bonds. The first-order valence-electron chi connectivity index (χ1n) is 8.97. The highest BCUT2D eigenvalue weighted by Gasteiger charge is 2.24. The average molecular weight is 360 g/mol. The largest absolute Gasteiger partial charge is 0.396 e. The van der Waals surface area contributed by atoms with Crippen LogP contribution in [0.15, 0.2) is 30.5 Å². The second-order valence-corrected chi connectivity index (χ2v) is 6.85. The number of hydrogen-bond donors (Lipinski definition) is 3. The Morgan fingerprint density at radius 1 is 1.42 bits per heavy atom. The van der Waals surface area contributed by atoms with Crippen molar-refractivity contribution in [2.75, 3.05) is 13.2 Å². The van der Waals surface area contributed by atoms with Crippen molar-refractivity contribution >= 4 is 6.03 Å². The average Bonchev–Trinajstić information content (AvgIpc) is 3.02. The number of aliphatic hydroxyl groups is 1. The molecule has 1 aliphatic carbocycles. The maximum Gasteiger partial charge on any atom is 0.315 e. The van der Waals surface area contributed by atoms with Gasteiger partial charge in [0.2, 0.25) is 0 Å². The molecule has 6 nitrogen and oxygen atoms in total. The van der Waals surface area contributed by atoms with Gasteiger partial charge in [0.1, 0.15) is 5.82 Å². The molecule has 1 aliphatic rings. The minimum Gasteiger partial charge on any atom is -0.396 e. The number of benzene rings is 1. The summed E-state index contributed by atoms with van der Waals surface area (Å²) in [6, 6.07) is 5.92. The Morgan fingerprint density at radius 3 is 2.92 bits per heavy atom. The molecule has 26 heavy (non-hydrogen) atoms. The van der Waals surface area contributed by atoms with Crippen LogP contribution in [0.4, 0.5) is 9.18 Å². The van der Waals surface area contributed by atoms with E-state index in [2.05, 4.69) is 15.7 Å². The van der Waals surface area contributed by atoms with Crippen molar-refractivity contribution in [1.82, 2.24) is 20.4 Å². The highest BCUT2D eigenvalue weighted by Crippen LogP contribution is 2.28. The van der Waals surface area contributed by atoms with E-state index in [1.54, 1.807) is 12.1 Å². The number of aromatic nitrogens is 2. The van der Waals surface area contributed by atoms with E-state index in [1.807, 2.05) is 17.9 Å². The zero-order valence-corrected chi connectivity index (χ0v) is 14.9. The van der Waals surface area contributed by atoms with Gasteiger partial charge in [-0.15, -0.1) is 0 Å². The zero-order chi connectivity index (χ0) is 18.5. The summed E-state index contributed by atoms with van der Waals surface area (Å²) in [4.78, 5) is 12.3. The van der Waals surface area contributed by atoms with Gasteiger partial charge >= 0.3 is 6.03 Å². The van der Waals surface area contributed by atoms with E-state index in [4.69, 9.17) is 0 Å². The number of hydrogen-bond acceptors (Lipinski definition) is 3. The van der Waals surface area contributed by atoms with Crippen molar-refractivity contribution in [3.05, 3.63) is 53.1 Å². The van der Waals surface area contributed by atoms with Crippen LogP contribution < -0.4 is 10.6 Å². The Morgan fingerprint density at radius 2 is 2.19 bits per heavy atom. The lowest BCUT2D eigenvalue weighted by Crippen LogP contribution is -2.41. The number of rotatable bonds is 6. The van der Waals surface area contributed by atoms with Crippen molar-refractivity contribution in [3.63, 3.8) is 0 Å². The monoisotopic (exact) mass is 360 g/mol. The maximum absolute atomic E-state index is 13.0. The number of amides is 2. The van der Waals surface area contributed by atoms with Gasteiger partial charge in [0.05, 0.1) is 12.2 Å². The first-order chi connectivity index (χ1) is 12.6. The fourth-order valence-electron chi connectivity index (χ4n) is 3.46. The van der Waals surface area contributed by atoms with Crippen LogP contribution in [0.5, 0.6) is 0 Å². The number of fused-ring (bicyclic) bond motifs is 1. The molecule has 0 saturated heterocycles. The van der Waals surface area contributed by atoms with Crippen LogP contribution in [0, 0.1) is 11.7 Å². The summed E-state index contributed by atoms with van der Waals surface area (Å²) >= 11 is 0. The second-order valence-electron chi connectivity index (χ2n) is 6.85. The SMILES string of the molecule is Cn1ncc2c1CCC[C@@H]2NC(=O)NC[C@@H](CO)Cc1ccc(F)cc1. The molecule has 0 fully saturated rings. The number of halogens is 1. The number of carbonyl (C=O) groups excluding carboxylic acids is 1. The van der Waals surface area contributed by atoms with Crippen LogP contribution in [-0.2, 0) is 19.9 Å². The summed E-state index contributed by atoms with van der Waals surface area (Å²) in [5.41, 5.74) is 3.19. The normalized spacial score (nSPS) is 17.4. The van der Waals surface area contributed by atoms with E-state index in [-0.39, 0.29) is 30.4 Å². The minimum atomic E-state index is -0.283. The van der Waals surface area contributed by atoms with E-state index in [9.17, 15) is 14.3 Å². The Kier molecular flexibility index (Phi) is 5.88. The summed E-state index contributed by atoms with van der Waals surface area (Å²) in [6.45, 7) is 0.306. The van der Waals surface area contributed by atoms with Crippen LogP contribution in [0.1, 0.15) is 35.7 Å². The van der Waals surface area contributed by atoms with Crippen molar-refractivity contribution in [3.8, 4) is 0 Å². The van der Waals surface area contributed by atoms with Crippen molar-refractivity contribution in [2.24, 2.45) is 13.0 Å². The molecule has 0 unspecified atom stereocenters. The molecule has 140 valence electrons. The van der Waals surface area contributed by atoms with Crippen LogP contribution in [0.3, 0.4) is 0 Å². The maximum atomic E-state index is 13.0. The molecule has 1 aromatic heterocycles. The van der Waals surface area contributed by atoms with Crippen LogP contribution in [-0.4, -0.2) is 34.1 Å². The third-order valence-corrected chi connectivity index (χ3v) is 4.93. The number of aryl methyl sites for hydroxylation is 1. The molecule has 0 spiro atoms. The first kappa shape index (κ1) is 18.4. The summed E-state index contributed by atoms with van der Waals surface area (Å²) in [5, 5.41) is 19.7. The Hall–Kier alpha value is -2.41. The van der Waals surface area contributed by atoms with Gasteiger partial charge in [0.25, 0.3) is 0 Å². The summed E-state index contributed by atoms with van der Waals surface area (Å²) in [7, 11) is 1.92. The number of urea groups is 1. The number of aliphatic hydroxyl groups excluding tert-OH is 1. The number of nitrogens with one attached hydrogen (secondary N) is 2. The van der Waals surface area contributed by atoms with Gasteiger partial charge < -0.3 is 15.7 Å². The lowest BCUT2D eigenvalue weighted by Gasteiger charge is -2.24. The lowest BCUT2D eigenvalue weighted by molar-refractivity contribution is 0.212. The second kappa shape index (κ2) is 8.31. The molecular formula is C19H25FN4O2. The topological polar surface area (TPSA) is 79.2 Å². The van der Waals surface area contributed by atoms with Crippen molar-refractivity contribution < 1.29 is 14.3 Å². The molecule has 2 atom stereocenters. The van der Waals surface area contributed by atoms with Crippen LogP contribution in [0.2, 0.25) is 0 Å². The molecule has 1 aromatic carbocycles. The van der Waals surface area contributed by atoms with Gasteiger partial charge in [0, 0.05) is 37.4 Å². The molecule has 0 aliphatic heterocycles. The van der Waals surface area contributed by atoms with E-state index in [1.165, 1.54) is 17.8 Å². The molecule has 0 bridgehead atoms. The van der Waals surface area contributed by atoms with Crippen molar-refractivity contribution in [2.45, 2.75) is 31.7 Å². The van der Waals surface area contributed by atoms with Crippen molar-refractivity contribution in [1.29, 1.82) is 0 Å². The predicted octanol–water partition coefficient (Wildman–Crippen LogP) is 2.09. The van der Waals surface area contributed by atoms with Gasteiger partial charge in [-0.25, -0.2) is 9.18 Å². The number of nitrogens with zero attached hydrogens (tertiary/aromatic N) is 2. The molecule has 2 aromatic rings. The highest BCUT2D eigenvalue weighted by molar-refractivity contribution is 5.74.